The van der Waals surface area contributed by atoms with E-state index in [-0.39, 0.29) is 11.8 Å². The van der Waals surface area contributed by atoms with Crippen molar-refractivity contribution in [2.24, 2.45) is 0 Å². The van der Waals surface area contributed by atoms with Crippen LogP contribution >= 0.6 is 65.9 Å². The fraction of sp³-hybridized carbons (Fsp3) is 0.263. The molecule has 2 amide bonds. The summed E-state index contributed by atoms with van der Waals surface area (Å²) in [5.74, 6) is -0.418. The van der Waals surface area contributed by atoms with E-state index < -0.39 is 0 Å². The third kappa shape index (κ3) is 2.68. The Hall–Kier alpha value is -0.800. The van der Waals surface area contributed by atoms with Gasteiger partial charge in [-0.15, -0.1) is 34.0 Å². The van der Waals surface area contributed by atoms with Gasteiger partial charge in [0.2, 0.25) is 0 Å². The van der Waals surface area contributed by atoms with Gasteiger partial charge in [-0.1, -0.05) is 0 Å². The zero-order chi connectivity index (χ0) is 19.8. The quantitative estimate of drug-likeness (QED) is 0.320. The molecule has 0 unspecified atom stereocenters. The molecule has 0 aromatic carbocycles. The van der Waals surface area contributed by atoms with Crippen molar-refractivity contribution in [1.29, 1.82) is 0 Å². The maximum Gasteiger partial charge on any atom is 0.262 e. The van der Waals surface area contributed by atoms with Crippen LogP contribution in [0.4, 0.5) is 0 Å². The van der Waals surface area contributed by atoms with Crippen molar-refractivity contribution in [2.75, 3.05) is 7.05 Å². The number of fused-ring (bicyclic) bond motifs is 1. The molecular formula is C19H15Br2NO2S3. The molecule has 0 N–H and O–H groups in total. The lowest BCUT2D eigenvalue weighted by molar-refractivity contribution is 0.0693. The Kier molecular flexibility index (Phi) is 4.79. The summed E-state index contributed by atoms with van der Waals surface area (Å²) < 4.78 is 2.13. The second kappa shape index (κ2) is 6.62. The Morgan fingerprint density at radius 1 is 0.630 bits per heavy atom. The van der Waals surface area contributed by atoms with Crippen molar-refractivity contribution in [3.05, 3.63) is 41.0 Å². The van der Waals surface area contributed by atoms with E-state index in [2.05, 4.69) is 59.6 Å². The number of carbonyl (C=O) groups is 2. The van der Waals surface area contributed by atoms with Gasteiger partial charge in [0.1, 0.15) is 0 Å². The zero-order valence-electron chi connectivity index (χ0n) is 15.2. The van der Waals surface area contributed by atoms with Crippen molar-refractivity contribution in [1.82, 2.24) is 4.90 Å². The lowest BCUT2D eigenvalue weighted by Crippen LogP contribution is -2.24. The molecule has 0 bridgehead atoms. The number of nitrogens with zero attached hydrogens (tertiary/aromatic N) is 1. The Bertz CT molecular complexity index is 1070. The van der Waals surface area contributed by atoms with E-state index in [1.165, 1.54) is 16.0 Å². The molecule has 0 radical (unpaired) electrons. The average Bonchev–Trinajstić information content (AvgIpc) is 3.29. The molecule has 27 heavy (non-hydrogen) atoms. The minimum absolute atomic E-state index is 0.209. The average molecular weight is 545 g/mol. The van der Waals surface area contributed by atoms with Crippen LogP contribution in [0.15, 0.2) is 7.57 Å². The number of imide groups is 1. The summed E-state index contributed by atoms with van der Waals surface area (Å²) in [6.45, 7) is 8.27. The molecule has 0 atom stereocenters. The number of amides is 2. The summed E-state index contributed by atoms with van der Waals surface area (Å²) >= 11 is 12.0. The van der Waals surface area contributed by atoms with Gasteiger partial charge in [-0.25, -0.2) is 0 Å². The van der Waals surface area contributed by atoms with Crippen LogP contribution in [0.1, 0.15) is 43.0 Å². The van der Waals surface area contributed by atoms with Crippen LogP contribution < -0.4 is 0 Å². The van der Waals surface area contributed by atoms with Crippen molar-refractivity contribution < 1.29 is 9.59 Å². The maximum absolute atomic E-state index is 12.9. The van der Waals surface area contributed by atoms with Crippen molar-refractivity contribution in [2.45, 2.75) is 27.7 Å². The first-order chi connectivity index (χ1) is 12.6. The molecule has 0 fully saturated rings. The summed E-state index contributed by atoms with van der Waals surface area (Å²) in [7, 11) is 1.56. The molecule has 1 aliphatic heterocycles. The summed E-state index contributed by atoms with van der Waals surface area (Å²) in [5.41, 5.74) is 5.77. The molecule has 0 saturated heterocycles. The van der Waals surface area contributed by atoms with Crippen molar-refractivity contribution in [3.63, 3.8) is 0 Å². The second-order valence-electron chi connectivity index (χ2n) is 6.59. The highest BCUT2D eigenvalue weighted by Crippen LogP contribution is 2.52. The lowest BCUT2D eigenvalue weighted by atomic mass is 10.1. The van der Waals surface area contributed by atoms with Crippen LogP contribution in [0.25, 0.3) is 19.5 Å². The van der Waals surface area contributed by atoms with Gasteiger partial charge in [0, 0.05) is 16.8 Å². The van der Waals surface area contributed by atoms with Crippen molar-refractivity contribution >= 4 is 77.7 Å². The summed E-state index contributed by atoms with van der Waals surface area (Å²) in [6, 6.07) is 0. The molecule has 0 spiro atoms. The van der Waals surface area contributed by atoms with E-state index in [1.807, 2.05) is 0 Å². The minimum Gasteiger partial charge on any atom is -0.277 e. The Morgan fingerprint density at radius 2 is 1.00 bits per heavy atom. The monoisotopic (exact) mass is 543 g/mol. The third-order valence-corrected chi connectivity index (χ3v) is 11.2. The first-order valence-corrected chi connectivity index (χ1v) is 12.2. The van der Waals surface area contributed by atoms with Gasteiger partial charge < -0.3 is 0 Å². The highest BCUT2D eigenvalue weighted by molar-refractivity contribution is 9.11. The highest BCUT2D eigenvalue weighted by Gasteiger charge is 2.41. The van der Waals surface area contributed by atoms with E-state index in [4.69, 9.17) is 0 Å². The number of thiophene rings is 3. The normalized spacial score (nSPS) is 13.8. The fourth-order valence-electron chi connectivity index (χ4n) is 3.14. The van der Waals surface area contributed by atoms with E-state index in [1.54, 1.807) is 41.1 Å². The standard InChI is InChI=1S/C19H15Br2NO2S3/c1-6-8(3)16(20)26-12(6)14-10-11(19(24)22(5)18(10)23)15(25-14)13-7(2)9(4)17(21)27-13/h1-5H3. The molecule has 0 aliphatic carbocycles. The van der Waals surface area contributed by atoms with Crippen LogP contribution in [0.5, 0.6) is 0 Å². The van der Waals surface area contributed by atoms with Crippen LogP contribution in [0.3, 0.4) is 0 Å². The molecule has 3 aromatic heterocycles. The van der Waals surface area contributed by atoms with Gasteiger partial charge in [0.15, 0.2) is 0 Å². The summed E-state index contributed by atoms with van der Waals surface area (Å²) in [5, 5.41) is 0. The topological polar surface area (TPSA) is 37.4 Å². The first kappa shape index (κ1) is 19.5. The molecule has 0 saturated carbocycles. The minimum atomic E-state index is -0.209. The molecule has 3 nitrogen and oxygen atoms in total. The van der Waals surface area contributed by atoms with Crippen LogP contribution in [-0.4, -0.2) is 23.8 Å². The smallest absolute Gasteiger partial charge is 0.262 e. The summed E-state index contributed by atoms with van der Waals surface area (Å²) in [6.07, 6.45) is 0. The highest BCUT2D eigenvalue weighted by atomic mass is 79.9. The number of rotatable bonds is 2. The van der Waals surface area contributed by atoms with Gasteiger partial charge in [-0.3, -0.25) is 14.5 Å². The second-order valence-corrected chi connectivity index (χ2v) is 12.3. The Balaban J connectivity index is 2.07. The number of hydrogen-bond donors (Lipinski definition) is 0. The van der Waals surface area contributed by atoms with Gasteiger partial charge in [-0.2, -0.15) is 0 Å². The number of carbonyl (C=O) groups excluding carboxylic acids is 2. The van der Waals surface area contributed by atoms with Crippen molar-refractivity contribution in [3.8, 4) is 19.5 Å². The SMILES string of the molecule is Cc1c(Br)sc(-c2sc(-c3sc(Br)c(C)c3C)c3c2C(=O)N(C)C3=O)c1C. The predicted octanol–water partition coefficient (Wildman–Crippen LogP) is 7.19. The lowest BCUT2D eigenvalue weighted by Gasteiger charge is -2.07. The van der Waals surface area contributed by atoms with E-state index in [0.29, 0.717) is 11.1 Å². The number of halogens is 2. The molecule has 1 aliphatic rings. The van der Waals surface area contributed by atoms with Gasteiger partial charge in [-0.05, 0) is 81.8 Å². The molecule has 8 heteroatoms. The first-order valence-electron chi connectivity index (χ1n) is 8.16. The summed E-state index contributed by atoms with van der Waals surface area (Å²) in [4.78, 5) is 31.0. The van der Waals surface area contributed by atoms with Gasteiger partial charge in [0.05, 0.1) is 28.5 Å². The van der Waals surface area contributed by atoms with Crippen LogP contribution in [0, 0.1) is 27.7 Å². The largest absolute Gasteiger partial charge is 0.277 e. The van der Waals surface area contributed by atoms with E-state index >= 15 is 0 Å². The Morgan fingerprint density at radius 3 is 1.30 bits per heavy atom. The zero-order valence-corrected chi connectivity index (χ0v) is 20.9. The molecule has 4 rings (SSSR count). The third-order valence-electron chi connectivity index (χ3n) is 5.14. The Labute approximate surface area is 186 Å². The molecular weight excluding hydrogens is 530 g/mol. The van der Waals surface area contributed by atoms with Gasteiger partial charge in [0.25, 0.3) is 11.8 Å². The van der Waals surface area contributed by atoms with Gasteiger partial charge >= 0.3 is 0 Å². The molecule has 140 valence electrons. The fourth-order valence-corrected chi connectivity index (χ4v) is 8.46. The number of hydrogen-bond acceptors (Lipinski definition) is 5. The predicted molar refractivity (Wildman–Crippen MR) is 122 cm³/mol. The molecule has 3 aromatic rings. The van der Waals surface area contributed by atoms with E-state index in [9.17, 15) is 9.59 Å². The van der Waals surface area contributed by atoms with E-state index in [0.717, 1.165) is 38.2 Å². The maximum atomic E-state index is 12.9. The van der Waals surface area contributed by atoms with Crippen LogP contribution in [0.2, 0.25) is 0 Å². The molecule has 4 heterocycles. The van der Waals surface area contributed by atoms with Crippen LogP contribution in [-0.2, 0) is 0 Å².